The van der Waals surface area contributed by atoms with Gasteiger partial charge in [0.1, 0.15) is 5.82 Å². The summed E-state index contributed by atoms with van der Waals surface area (Å²) >= 11 is 5.96. The van der Waals surface area contributed by atoms with Crippen molar-refractivity contribution in [3.05, 3.63) is 58.9 Å². The Balaban J connectivity index is 1.29. The molecule has 0 saturated heterocycles. The molecular formula is C27H34ClF. The zero-order valence-electron chi connectivity index (χ0n) is 17.7. The molecule has 2 aliphatic carbocycles. The van der Waals surface area contributed by atoms with Gasteiger partial charge in [0, 0.05) is 10.6 Å². The molecule has 2 heteroatoms. The van der Waals surface area contributed by atoms with Crippen molar-refractivity contribution in [2.24, 2.45) is 17.8 Å². The van der Waals surface area contributed by atoms with Crippen molar-refractivity contribution in [1.29, 1.82) is 0 Å². The molecule has 4 rings (SSSR count). The van der Waals surface area contributed by atoms with E-state index in [1.807, 2.05) is 30.3 Å². The van der Waals surface area contributed by atoms with Gasteiger partial charge in [-0.1, -0.05) is 81.3 Å². The first-order valence-corrected chi connectivity index (χ1v) is 12.0. The van der Waals surface area contributed by atoms with E-state index in [-0.39, 0.29) is 5.82 Å². The molecule has 0 bridgehead atoms. The van der Waals surface area contributed by atoms with Crippen LogP contribution in [0.2, 0.25) is 5.02 Å². The highest BCUT2D eigenvalue weighted by Gasteiger charge is 2.25. The SMILES string of the molecule is C[C@H]1CC[C@H](CC[C@H]2CC[C@H](c3ccc(-c4ccc(Cl)cc4)c(F)c3)CC2)CC1. The first-order chi connectivity index (χ1) is 14.1. The Morgan fingerprint density at radius 3 is 1.97 bits per heavy atom. The highest BCUT2D eigenvalue weighted by molar-refractivity contribution is 6.30. The van der Waals surface area contributed by atoms with E-state index < -0.39 is 0 Å². The van der Waals surface area contributed by atoms with Gasteiger partial charge < -0.3 is 0 Å². The highest BCUT2D eigenvalue weighted by Crippen LogP contribution is 2.40. The Bertz CT molecular complexity index is 781. The van der Waals surface area contributed by atoms with Crippen LogP contribution in [0, 0.1) is 23.6 Å². The molecule has 29 heavy (non-hydrogen) atoms. The first-order valence-electron chi connectivity index (χ1n) is 11.6. The maximum atomic E-state index is 14.8. The minimum absolute atomic E-state index is 0.113. The summed E-state index contributed by atoms with van der Waals surface area (Å²) in [7, 11) is 0. The van der Waals surface area contributed by atoms with Crippen molar-refractivity contribution in [2.75, 3.05) is 0 Å². The Hall–Kier alpha value is -1.34. The Kier molecular flexibility index (Phi) is 6.96. The van der Waals surface area contributed by atoms with Crippen LogP contribution in [0.15, 0.2) is 42.5 Å². The van der Waals surface area contributed by atoms with E-state index in [1.165, 1.54) is 69.8 Å². The van der Waals surface area contributed by atoms with Gasteiger partial charge in [-0.3, -0.25) is 0 Å². The van der Waals surface area contributed by atoms with Gasteiger partial charge in [0.2, 0.25) is 0 Å². The van der Waals surface area contributed by atoms with Gasteiger partial charge in [-0.2, -0.15) is 0 Å². The zero-order valence-corrected chi connectivity index (χ0v) is 18.4. The molecule has 2 fully saturated rings. The van der Waals surface area contributed by atoms with Crippen molar-refractivity contribution >= 4 is 11.6 Å². The Morgan fingerprint density at radius 2 is 1.38 bits per heavy atom. The monoisotopic (exact) mass is 412 g/mol. The lowest BCUT2D eigenvalue weighted by Crippen LogP contribution is -2.17. The van der Waals surface area contributed by atoms with Crippen LogP contribution >= 0.6 is 11.6 Å². The summed E-state index contributed by atoms with van der Waals surface area (Å²) in [6.45, 7) is 2.41. The van der Waals surface area contributed by atoms with E-state index in [1.54, 1.807) is 6.07 Å². The first kappa shape index (κ1) is 20.9. The van der Waals surface area contributed by atoms with Crippen LogP contribution in [0.4, 0.5) is 4.39 Å². The summed E-state index contributed by atoms with van der Waals surface area (Å²) in [5.74, 6) is 3.24. The Morgan fingerprint density at radius 1 is 0.793 bits per heavy atom. The molecule has 0 spiro atoms. The van der Waals surface area contributed by atoms with Crippen LogP contribution in [0.5, 0.6) is 0 Å². The number of rotatable bonds is 5. The number of halogens is 2. The normalized spacial score (nSPS) is 27.7. The molecule has 0 unspecified atom stereocenters. The average molecular weight is 413 g/mol. The lowest BCUT2D eigenvalue weighted by Gasteiger charge is -2.31. The van der Waals surface area contributed by atoms with Crippen LogP contribution < -0.4 is 0 Å². The molecule has 2 aromatic carbocycles. The van der Waals surface area contributed by atoms with Crippen LogP contribution in [0.3, 0.4) is 0 Å². The molecule has 156 valence electrons. The minimum Gasteiger partial charge on any atom is -0.206 e. The van der Waals surface area contributed by atoms with Crippen LogP contribution in [-0.4, -0.2) is 0 Å². The minimum atomic E-state index is -0.113. The quantitative estimate of drug-likeness (QED) is 0.459. The summed E-state index contributed by atoms with van der Waals surface area (Å²) in [5, 5.41) is 0.681. The standard InChI is InChI=1S/C27H34ClF/c1-19-2-4-20(5-3-19)6-7-21-8-10-22(11-9-21)24-14-17-26(27(29)18-24)23-12-15-25(28)16-13-23/h12-22H,2-11H2,1H3/t19-,20-,21-,22-. The van der Waals surface area contributed by atoms with E-state index in [9.17, 15) is 4.39 Å². The molecule has 0 radical (unpaired) electrons. The van der Waals surface area contributed by atoms with Gasteiger partial charge in [0.25, 0.3) is 0 Å². The van der Waals surface area contributed by atoms with Gasteiger partial charge in [0.15, 0.2) is 0 Å². The van der Waals surface area contributed by atoms with Gasteiger partial charge >= 0.3 is 0 Å². The van der Waals surface area contributed by atoms with E-state index >= 15 is 0 Å². The molecule has 2 saturated carbocycles. The predicted octanol–water partition coefficient (Wildman–Crippen LogP) is 9.03. The van der Waals surface area contributed by atoms with E-state index in [0.29, 0.717) is 16.5 Å². The molecule has 0 aliphatic heterocycles. The molecule has 0 N–H and O–H groups in total. The second kappa shape index (κ2) is 9.65. The number of benzene rings is 2. The average Bonchev–Trinajstić information content (AvgIpc) is 2.74. The molecule has 2 aromatic rings. The van der Waals surface area contributed by atoms with E-state index in [2.05, 4.69) is 13.0 Å². The highest BCUT2D eigenvalue weighted by atomic mass is 35.5. The molecule has 0 atom stereocenters. The number of hydrogen-bond donors (Lipinski definition) is 0. The van der Waals surface area contributed by atoms with Crippen molar-refractivity contribution in [3.63, 3.8) is 0 Å². The van der Waals surface area contributed by atoms with Crippen molar-refractivity contribution in [1.82, 2.24) is 0 Å². The van der Waals surface area contributed by atoms with Gasteiger partial charge in [-0.15, -0.1) is 0 Å². The maximum Gasteiger partial charge on any atom is 0.131 e. The summed E-state index contributed by atoms with van der Waals surface area (Å²) in [6, 6.07) is 13.3. The third-order valence-corrected chi connectivity index (χ3v) is 7.84. The van der Waals surface area contributed by atoms with E-state index in [4.69, 9.17) is 11.6 Å². The van der Waals surface area contributed by atoms with Crippen LogP contribution in [0.25, 0.3) is 11.1 Å². The Labute approximate surface area is 180 Å². The van der Waals surface area contributed by atoms with Crippen LogP contribution in [-0.2, 0) is 0 Å². The fourth-order valence-corrected chi connectivity index (χ4v) is 5.65. The van der Waals surface area contributed by atoms with Gasteiger partial charge in [-0.25, -0.2) is 4.39 Å². The maximum absolute atomic E-state index is 14.8. The number of hydrogen-bond acceptors (Lipinski definition) is 0. The largest absolute Gasteiger partial charge is 0.206 e. The molecule has 0 amide bonds. The summed E-state index contributed by atoms with van der Waals surface area (Å²) in [4.78, 5) is 0. The van der Waals surface area contributed by atoms with Crippen LogP contribution in [0.1, 0.15) is 82.6 Å². The summed E-state index contributed by atoms with van der Waals surface area (Å²) in [6.07, 6.45) is 13.7. The second-order valence-electron chi connectivity index (χ2n) is 9.67. The molecular weight excluding hydrogens is 379 g/mol. The smallest absolute Gasteiger partial charge is 0.131 e. The van der Waals surface area contributed by atoms with Gasteiger partial charge in [0.05, 0.1) is 0 Å². The van der Waals surface area contributed by atoms with Gasteiger partial charge in [-0.05, 0) is 78.7 Å². The van der Waals surface area contributed by atoms with E-state index in [0.717, 1.165) is 23.3 Å². The molecule has 0 nitrogen and oxygen atoms in total. The third-order valence-electron chi connectivity index (χ3n) is 7.59. The predicted molar refractivity (Wildman–Crippen MR) is 122 cm³/mol. The van der Waals surface area contributed by atoms with Crippen molar-refractivity contribution in [3.8, 4) is 11.1 Å². The fourth-order valence-electron chi connectivity index (χ4n) is 5.52. The lowest BCUT2D eigenvalue weighted by molar-refractivity contribution is 0.237. The summed E-state index contributed by atoms with van der Waals surface area (Å²) < 4.78 is 14.8. The molecule has 0 heterocycles. The molecule has 0 aromatic heterocycles. The summed E-state index contributed by atoms with van der Waals surface area (Å²) in [5.41, 5.74) is 2.74. The third kappa shape index (κ3) is 5.43. The topological polar surface area (TPSA) is 0 Å². The van der Waals surface area contributed by atoms with Crippen molar-refractivity contribution < 1.29 is 4.39 Å². The zero-order chi connectivity index (χ0) is 20.2. The molecule has 2 aliphatic rings. The lowest BCUT2D eigenvalue weighted by atomic mass is 9.74. The second-order valence-corrected chi connectivity index (χ2v) is 10.1. The van der Waals surface area contributed by atoms with Crippen molar-refractivity contribution in [2.45, 2.75) is 77.0 Å². The fraction of sp³-hybridized carbons (Fsp3) is 0.556.